The molecule has 1 aliphatic rings. The number of carbonyl (C=O) groups is 1. The fourth-order valence-electron chi connectivity index (χ4n) is 3.02. The van der Waals surface area contributed by atoms with Gasteiger partial charge in [-0.3, -0.25) is 9.48 Å². The summed E-state index contributed by atoms with van der Waals surface area (Å²) >= 11 is 0. The van der Waals surface area contributed by atoms with E-state index in [-0.39, 0.29) is 11.6 Å². The lowest BCUT2D eigenvalue weighted by Crippen LogP contribution is -2.39. The highest BCUT2D eigenvalue weighted by Gasteiger charge is 2.31. The summed E-state index contributed by atoms with van der Waals surface area (Å²) in [6.45, 7) is 0.532. The smallest absolute Gasteiger partial charge is 0.257 e. The van der Waals surface area contributed by atoms with Crippen molar-refractivity contribution >= 4 is 5.91 Å². The highest BCUT2D eigenvalue weighted by atomic mass is 19.2. The van der Waals surface area contributed by atoms with Gasteiger partial charge < -0.3 is 4.90 Å². The molecule has 0 radical (unpaired) electrons. The minimum absolute atomic E-state index is 0.156. The van der Waals surface area contributed by atoms with Gasteiger partial charge in [-0.1, -0.05) is 6.07 Å². The number of amides is 1. The first-order valence-corrected chi connectivity index (χ1v) is 7.32. The Morgan fingerprint density at radius 2 is 2.09 bits per heavy atom. The Morgan fingerprint density at radius 1 is 1.27 bits per heavy atom. The maximum absolute atomic E-state index is 13.9. The number of piperidine rings is 1. The molecular weight excluding hydrogens is 288 g/mol. The molecule has 1 atom stereocenters. The van der Waals surface area contributed by atoms with Gasteiger partial charge in [0.1, 0.15) is 0 Å². The summed E-state index contributed by atoms with van der Waals surface area (Å²) in [6.07, 6.45) is 4.32. The molecule has 3 rings (SSSR count). The number of hydrogen-bond acceptors (Lipinski definition) is 2. The molecule has 1 aliphatic heterocycles. The predicted molar refractivity (Wildman–Crippen MR) is 77.2 cm³/mol. The summed E-state index contributed by atoms with van der Waals surface area (Å²) in [5.74, 6) is -2.55. The first-order chi connectivity index (χ1) is 10.6. The maximum Gasteiger partial charge on any atom is 0.257 e. The summed E-state index contributed by atoms with van der Waals surface area (Å²) in [5, 5.41) is 4.13. The van der Waals surface area contributed by atoms with Crippen LogP contribution in [0.2, 0.25) is 0 Å². The van der Waals surface area contributed by atoms with Gasteiger partial charge in [0, 0.05) is 19.8 Å². The molecule has 22 heavy (non-hydrogen) atoms. The van der Waals surface area contributed by atoms with Crippen LogP contribution in [0.25, 0.3) is 0 Å². The third-order valence-corrected chi connectivity index (χ3v) is 4.15. The Labute approximate surface area is 127 Å². The average molecular weight is 305 g/mol. The van der Waals surface area contributed by atoms with Crippen molar-refractivity contribution in [2.45, 2.75) is 25.3 Å². The van der Waals surface area contributed by atoms with Crippen LogP contribution >= 0.6 is 0 Å². The zero-order valence-electron chi connectivity index (χ0n) is 12.3. The molecule has 0 saturated carbocycles. The van der Waals surface area contributed by atoms with Gasteiger partial charge in [-0.05, 0) is 37.5 Å². The van der Waals surface area contributed by atoms with Crippen LogP contribution in [0, 0.1) is 11.6 Å². The number of aromatic nitrogens is 2. The largest absolute Gasteiger partial charge is 0.330 e. The van der Waals surface area contributed by atoms with E-state index < -0.39 is 17.5 Å². The SMILES string of the molecule is Cn1nccc1[C@@H]1CCCCN1C(=O)c1cccc(F)c1F. The van der Waals surface area contributed by atoms with Crippen LogP contribution in [-0.2, 0) is 7.05 Å². The number of benzene rings is 1. The van der Waals surface area contributed by atoms with Crippen molar-refractivity contribution in [2.24, 2.45) is 7.05 Å². The van der Waals surface area contributed by atoms with Crippen LogP contribution in [0.15, 0.2) is 30.5 Å². The highest BCUT2D eigenvalue weighted by Crippen LogP contribution is 2.32. The Hall–Kier alpha value is -2.24. The minimum Gasteiger partial charge on any atom is -0.330 e. The third kappa shape index (κ3) is 2.49. The molecule has 0 spiro atoms. The fraction of sp³-hybridized carbons (Fsp3) is 0.375. The van der Waals surface area contributed by atoms with E-state index in [1.54, 1.807) is 15.8 Å². The molecule has 1 fully saturated rings. The van der Waals surface area contributed by atoms with Gasteiger partial charge in [-0.2, -0.15) is 5.10 Å². The van der Waals surface area contributed by atoms with Gasteiger partial charge >= 0.3 is 0 Å². The maximum atomic E-state index is 13.9. The lowest BCUT2D eigenvalue weighted by molar-refractivity contribution is 0.0595. The molecule has 0 aliphatic carbocycles. The Bertz CT molecular complexity index is 698. The van der Waals surface area contributed by atoms with E-state index in [9.17, 15) is 13.6 Å². The van der Waals surface area contributed by atoms with E-state index in [2.05, 4.69) is 5.10 Å². The summed E-state index contributed by atoms with van der Waals surface area (Å²) < 4.78 is 29.0. The molecule has 1 aromatic carbocycles. The van der Waals surface area contributed by atoms with Crippen LogP contribution in [-0.4, -0.2) is 27.1 Å². The van der Waals surface area contributed by atoms with Crippen molar-refractivity contribution in [1.82, 2.24) is 14.7 Å². The predicted octanol–water partition coefficient (Wildman–Crippen LogP) is 3.07. The quantitative estimate of drug-likeness (QED) is 0.855. The van der Waals surface area contributed by atoms with Gasteiger partial charge in [0.05, 0.1) is 17.3 Å². The van der Waals surface area contributed by atoms with Crippen molar-refractivity contribution in [2.75, 3.05) is 6.54 Å². The molecule has 0 bridgehead atoms. The Balaban J connectivity index is 1.95. The summed E-state index contributed by atoms with van der Waals surface area (Å²) in [4.78, 5) is 14.3. The van der Waals surface area contributed by atoms with E-state index >= 15 is 0 Å². The minimum atomic E-state index is -1.08. The molecule has 1 amide bonds. The van der Waals surface area contributed by atoms with Gasteiger partial charge in [-0.25, -0.2) is 8.78 Å². The van der Waals surface area contributed by atoms with Crippen LogP contribution in [0.5, 0.6) is 0 Å². The Kier molecular flexibility index (Phi) is 3.92. The fourth-order valence-corrected chi connectivity index (χ4v) is 3.02. The molecule has 0 N–H and O–H groups in total. The molecule has 1 saturated heterocycles. The molecule has 6 heteroatoms. The van der Waals surface area contributed by atoms with Crippen molar-refractivity contribution in [3.05, 3.63) is 53.4 Å². The first kappa shape index (κ1) is 14.7. The molecular formula is C16H17F2N3O. The standard InChI is InChI=1S/C16H17F2N3O/c1-20-13(8-9-19-20)14-7-2-3-10-21(14)16(22)11-5-4-6-12(17)15(11)18/h4-6,8-9,14H,2-3,7,10H2,1H3/t14-/m0/s1. The van der Waals surface area contributed by atoms with Gasteiger partial charge in [-0.15, -0.1) is 0 Å². The number of aryl methyl sites for hydroxylation is 1. The lowest BCUT2D eigenvalue weighted by atomic mass is 9.98. The number of halogens is 2. The second-order valence-corrected chi connectivity index (χ2v) is 5.49. The number of hydrogen-bond donors (Lipinski definition) is 0. The number of likely N-dealkylation sites (tertiary alicyclic amines) is 1. The van der Waals surface area contributed by atoms with Crippen molar-refractivity contribution in [1.29, 1.82) is 0 Å². The highest BCUT2D eigenvalue weighted by molar-refractivity contribution is 5.94. The zero-order chi connectivity index (χ0) is 15.7. The zero-order valence-corrected chi connectivity index (χ0v) is 12.3. The molecule has 116 valence electrons. The van der Waals surface area contributed by atoms with Gasteiger partial charge in [0.25, 0.3) is 5.91 Å². The topological polar surface area (TPSA) is 38.1 Å². The number of carbonyl (C=O) groups excluding carboxylic acids is 1. The average Bonchev–Trinajstić information content (AvgIpc) is 2.95. The van der Waals surface area contributed by atoms with Crippen LogP contribution in [0.3, 0.4) is 0 Å². The molecule has 2 aromatic rings. The van der Waals surface area contributed by atoms with E-state index in [0.29, 0.717) is 6.54 Å². The first-order valence-electron chi connectivity index (χ1n) is 7.32. The van der Waals surface area contributed by atoms with Crippen molar-refractivity contribution < 1.29 is 13.6 Å². The van der Waals surface area contributed by atoms with Crippen LogP contribution in [0.1, 0.15) is 41.4 Å². The third-order valence-electron chi connectivity index (χ3n) is 4.15. The van der Waals surface area contributed by atoms with Crippen molar-refractivity contribution in [3.63, 3.8) is 0 Å². The molecule has 1 aromatic heterocycles. The number of nitrogens with zero attached hydrogens (tertiary/aromatic N) is 3. The van der Waals surface area contributed by atoms with Crippen LogP contribution in [0.4, 0.5) is 8.78 Å². The second kappa shape index (κ2) is 5.87. The monoisotopic (exact) mass is 305 g/mol. The molecule has 2 heterocycles. The Morgan fingerprint density at radius 3 is 2.82 bits per heavy atom. The van der Waals surface area contributed by atoms with E-state index in [0.717, 1.165) is 31.0 Å². The molecule has 0 unspecified atom stereocenters. The molecule has 4 nitrogen and oxygen atoms in total. The van der Waals surface area contributed by atoms with Gasteiger partial charge in [0.2, 0.25) is 0 Å². The van der Waals surface area contributed by atoms with Crippen molar-refractivity contribution in [3.8, 4) is 0 Å². The normalized spacial score (nSPS) is 18.5. The van der Waals surface area contributed by atoms with E-state index in [1.807, 2.05) is 13.1 Å². The van der Waals surface area contributed by atoms with Crippen LogP contribution < -0.4 is 0 Å². The van der Waals surface area contributed by atoms with E-state index in [4.69, 9.17) is 0 Å². The summed E-state index contributed by atoms with van der Waals surface area (Å²) in [6, 6.07) is 5.40. The van der Waals surface area contributed by atoms with Gasteiger partial charge in [0.15, 0.2) is 11.6 Å². The summed E-state index contributed by atoms with van der Waals surface area (Å²) in [5.41, 5.74) is 0.693. The summed E-state index contributed by atoms with van der Waals surface area (Å²) in [7, 11) is 1.81. The lowest BCUT2D eigenvalue weighted by Gasteiger charge is -2.35. The number of rotatable bonds is 2. The second-order valence-electron chi connectivity index (χ2n) is 5.49. The van der Waals surface area contributed by atoms with E-state index in [1.165, 1.54) is 12.1 Å².